The number of hydrogen-bond donors (Lipinski definition) is 1. The summed E-state index contributed by atoms with van der Waals surface area (Å²) >= 11 is 0. The predicted octanol–water partition coefficient (Wildman–Crippen LogP) is 4.41. The zero-order chi connectivity index (χ0) is 24.0. The van der Waals surface area contributed by atoms with Gasteiger partial charge in [-0.2, -0.15) is 13.9 Å². The Hall–Kier alpha value is -2.46. The van der Waals surface area contributed by atoms with Crippen molar-refractivity contribution in [1.29, 1.82) is 0 Å². The minimum absolute atomic E-state index is 0.0284. The van der Waals surface area contributed by atoms with Gasteiger partial charge in [-0.25, -0.2) is 13.5 Å². The summed E-state index contributed by atoms with van der Waals surface area (Å²) in [4.78, 5) is 13.9. The molecule has 1 aliphatic rings. The number of amides is 1. The van der Waals surface area contributed by atoms with E-state index in [-0.39, 0.29) is 12.0 Å². The van der Waals surface area contributed by atoms with Crippen LogP contribution in [0.5, 0.6) is 0 Å². The van der Waals surface area contributed by atoms with E-state index in [1.807, 2.05) is 32.8 Å². The number of benzene rings is 1. The summed E-state index contributed by atoms with van der Waals surface area (Å²) in [5.74, 6) is -1.49. The maximum absolute atomic E-state index is 13.1. The summed E-state index contributed by atoms with van der Waals surface area (Å²) in [6.45, 7) is 3.50. The van der Waals surface area contributed by atoms with Crippen molar-refractivity contribution in [2.24, 2.45) is 5.92 Å². The zero-order valence-corrected chi connectivity index (χ0v) is 18.9. The number of carbonyl (C=O) groups is 1. The third kappa shape index (κ3) is 7.03. The van der Waals surface area contributed by atoms with E-state index in [1.165, 1.54) is 6.07 Å². The summed E-state index contributed by atoms with van der Waals surface area (Å²) < 4.78 is 56.7. The van der Waals surface area contributed by atoms with Crippen molar-refractivity contribution >= 4 is 11.6 Å². The molecule has 178 valence electrons. The average Bonchev–Trinajstić information content (AvgIpc) is 3.26. The first-order chi connectivity index (χ1) is 15.0. The number of aryl methyl sites for hydroxylation is 1. The lowest BCUT2D eigenvalue weighted by molar-refractivity contribution is -0.126. The second-order valence-electron chi connectivity index (χ2n) is 8.18. The van der Waals surface area contributed by atoms with Crippen LogP contribution in [0.15, 0.2) is 24.4 Å². The smallest absolute Gasteiger partial charge is 0.333 e. The highest BCUT2D eigenvalue weighted by Crippen LogP contribution is 2.27. The van der Waals surface area contributed by atoms with Crippen LogP contribution in [0.4, 0.5) is 23.2 Å². The van der Waals surface area contributed by atoms with E-state index in [2.05, 4.69) is 10.4 Å². The molecule has 0 saturated carbocycles. The highest BCUT2D eigenvalue weighted by Gasteiger charge is 2.34. The molecule has 1 fully saturated rings. The second-order valence-corrected chi connectivity index (χ2v) is 8.18. The maximum atomic E-state index is 13.1. The van der Waals surface area contributed by atoms with Gasteiger partial charge >= 0.3 is 6.55 Å². The Balaban J connectivity index is 0.000000244. The van der Waals surface area contributed by atoms with Gasteiger partial charge in [0, 0.05) is 6.54 Å². The normalized spacial score (nSPS) is 20.4. The van der Waals surface area contributed by atoms with E-state index >= 15 is 0 Å². The number of ether oxygens (including phenoxy) is 1. The van der Waals surface area contributed by atoms with Crippen LogP contribution in [-0.4, -0.2) is 53.4 Å². The molecule has 2 aromatic rings. The molecule has 2 unspecified atom stereocenters. The largest absolute Gasteiger partial charge is 0.365 e. The van der Waals surface area contributed by atoms with Gasteiger partial charge in [0.2, 0.25) is 0 Å². The number of alkyl halides is 2. The Kier molecular flexibility index (Phi) is 9.21. The first kappa shape index (κ1) is 25.8. The fourth-order valence-corrected chi connectivity index (χ4v) is 3.15. The SMILES string of the molecule is CN(C)CCc1cccc(F)c1F.Cc1nn(C(F)F)cc1NC(=O)C1C[C@H](C)C(C)O1. The molecule has 1 aromatic carbocycles. The number of hydrogen-bond acceptors (Lipinski definition) is 4. The van der Waals surface area contributed by atoms with Gasteiger partial charge in [0.05, 0.1) is 23.7 Å². The Bertz CT molecular complexity index is 894. The average molecular weight is 459 g/mol. The molecule has 1 N–H and O–H groups in total. The molecule has 0 spiro atoms. The summed E-state index contributed by atoms with van der Waals surface area (Å²) in [5, 5.41) is 6.22. The molecule has 1 aliphatic heterocycles. The summed E-state index contributed by atoms with van der Waals surface area (Å²) in [6.07, 6.45) is 1.80. The molecule has 3 rings (SSSR count). The van der Waals surface area contributed by atoms with Gasteiger partial charge in [-0.3, -0.25) is 4.79 Å². The molecule has 1 saturated heterocycles. The number of rotatable bonds is 6. The van der Waals surface area contributed by atoms with Gasteiger partial charge in [0.15, 0.2) is 11.6 Å². The van der Waals surface area contributed by atoms with E-state index in [4.69, 9.17) is 4.74 Å². The molecule has 1 aromatic heterocycles. The van der Waals surface area contributed by atoms with Crippen molar-refractivity contribution in [3.05, 3.63) is 47.3 Å². The third-order valence-corrected chi connectivity index (χ3v) is 5.29. The van der Waals surface area contributed by atoms with Crippen LogP contribution >= 0.6 is 0 Å². The second kappa shape index (κ2) is 11.4. The molecule has 2 heterocycles. The Morgan fingerprint density at radius 1 is 1.31 bits per heavy atom. The molecule has 0 bridgehead atoms. The first-order valence-electron chi connectivity index (χ1n) is 10.4. The van der Waals surface area contributed by atoms with Crippen LogP contribution in [0.2, 0.25) is 0 Å². The van der Waals surface area contributed by atoms with Gasteiger partial charge in [0.1, 0.15) is 6.10 Å². The lowest BCUT2D eigenvalue weighted by Gasteiger charge is -2.10. The van der Waals surface area contributed by atoms with Gasteiger partial charge < -0.3 is 15.0 Å². The third-order valence-electron chi connectivity index (χ3n) is 5.29. The van der Waals surface area contributed by atoms with Crippen molar-refractivity contribution < 1.29 is 27.1 Å². The van der Waals surface area contributed by atoms with Crippen molar-refractivity contribution in [3.8, 4) is 0 Å². The van der Waals surface area contributed by atoms with Crippen molar-refractivity contribution in [2.45, 2.75) is 52.4 Å². The number of nitrogens with zero attached hydrogens (tertiary/aromatic N) is 3. The molecule has 0 aliphatic carbocycles. The fourth-order valence-electron chi connectivity index (χ4n) is 3.15. The maximum Gasteiger partial charge on any atom is 0.333 e. The molecule has 3 atom stereocenters. The van der Waals surface area contributed by atoms with E-state index in [9.17, 15) is 22.4 Å². The van der Waals surface area contributed by atoms with E-state index < -0.39 is 24.3 Å². The number of carbonyl (C=O) groups excluding carboxylic acids is 1. The van der Waals surface area contributed by atoms with E-state index in [1.54, 1.807) is 13.0 Å². The molecule has 0 radical (unpaired) electrons. The molecular formula is C22H30F4N4O2. The van der Waals surface area contributed by atoms with Crippen LogP contribution in [0, 0.1) is 24.5 Å². The summed E-state index contributed by atoms with van der Waals surface area (Å²) in [7, 11) is 3.80. The van der Waals surface area contributed by atoms with Crippen LogP contribution in [-0.2, 0) is 16.0 Å². The van der Waals surface area contributed by atoms with Crippen LogP contribution in [0.1, 0.15) is 38.1 Å². The zero-order valence-electron chi connectivity index (χ0n) is 18.9. The molecule has 32 heavy (non-hydrogen) atoms. The number of aromatic nitrogens is 2. The van der Waals surface area contributed by atoms with Crippen LogP contribution < -0.4 is 5.32 Å². The van der Waals surface area contributed by atoms with Crippen LogP contribution in [0.25, 0.3) is 0 Å². The molecular weight excluding hydrogens is 428 g/mol. The Morgan fingerprint density at radius 2 is 2.00 bits per heavy atom. The summed E-state index contributed by atoms with van der Waals surface area (Å²) in [6, 6.07) is 4.28. The highest BCUT2D eigenvalue weighted by atomic mass is 19.3. The van der Waals surface area contributed by atoms with Gasteiger partial charge in [-0.15, -0.1) is 0 Å². The topological polar surface area (TPSA) is 59.4 Å². The van der Waals surface area contributed by atoms with Gasteiger partial charge in [-0.1, -0.05) is 19.1 Å². The lowest BCUT2D eigenvalue weighted by atomic mass is 10.0. The first-order valence-corrected chi connectivity index (χ1v) is 10.4. The number of halogens is 4. The predicted molar refractivity (Wildman–Crippen MR) is 114 cm³/mol. The number of nitrogens with one attached hydrogen (secondary N) is 1. The van der Waals surface area contributed by atoms with E-state index in [0.29, 0.717) is 40.4 Å². The fraction of sp³-hybridized carbons (Fsp3) is 0.545. The Labute approximate surface area is 185 Å². The minimum atomic E-state index is -2.72. The monoisotopic (exact) mass is 458 g/mol. The highest BCUT2D eigenvalue weighted by molar-refractivity contribution is 5.94. The van der Waals surface area contributed by atoms with Crippen molar-refractivity contribution in [3.63, 3.8) is 0 Å². The van der Waals surface area contributed by atoms with Gasteiger partial charge in [-0.05, 0) is 58.3 Å². The lowest BCUT2D eigenvalue weighted by Crippen LogP contribution is -2.27. The standard InChI is InChI=1S/C12H17F2N3O2.C10H13F2N/c1-6-4-10(19-8(6)3)11(18)15-9-5-17(12(13)14)16-7(9)2;1-13(2)7-6-8-4-3-5-9(11)10(8)12/h5-6,8,10,12H,4H2,1-3H3,(H,15,18);3-5H,6-7H2,1-2H3/t6-,8?,10?;/m0./s1. The van der Waals surface area contributed by atoms with Crippen molar-refractivity contribution in [1.82, 2.24) is 14.7 Å². The summed E-state index contributed by atoms with van der Waals surface area (Å²) in [5.41, 5.74) is 1.09. The minimum Gasteiger partial charge on any atom is -0.365 e. The Morgan fingerprint density at radius 3 is 2.53 bits per heavy atom. The molecule has 6 nitrogen and oxygen atoms in total. The van der Waals surface area contributed by atoms with Crippen LogP contribution in [0.3, 0.4) is 0 Å². The number of likely N-dealkylation sites (N-methyl/N-ethyl adjacent to an activating group) is 1. The van der Waals surface area contributed by atoms with E-state index in [0.717, 1.165) is 18.8 Å². The number of anilines is 1. The molecule has 1 amide bonds. The molecule has 10 heteroatoms. The van der Waals surface area contributed by atoms with Gasteiger partial charge in [0.25, 0.3) is 5.91 Å². The van der Waals surface area contributed by atoms with Crippen molar-refractivity contribution in [2.75, 3.05) is 26.0 Å². The quantitative estimate of drug-likeness (QED) is 0.652.